The number of nitrogens with zero attached hydrogens (tertiary/aromatic N) is 4. The number of hydrogen-bond donors (Lipinski definition) is 0. The summed E-state index contributed by atoms with van der Waals surface area (Å²) in [7, 11) is -3.64. The van der Waals surface area contributed by atoms with Crippen LogP contribution in [0.3, 0.4) is 0 Å². The minimum absolute atomic E-state index is 0.178. The summed E-state index contributed by atoms with van der Waals surface area (Å²) in [5.41, 5.74) is 1.56. The molecule has 1 saturated heterocycles. The molecule has 4 rings (SSSR count). The summed E-state index contributed by atoms with van der Waals surface area (Å²) < 4.78 is 33.6. The van der Waals surface area contributed by atoms with Gasteiger partial charge in [-0.05, 0) is 42.5 Å². The Morgan fingerprint density at radius 1 is 1.16 bits per heavy atom. The topological polar surface area (TPSA) is 106 Å². The van der Waals surface area contributed by atoms with Crippen LogP contribution < -0.4 is 5.76 Å². The highest BCUT2D eigenvalue weighted by atomic mass is 32.2. The number of aromatic nitrogens is 2. The molecule has 1 aromatic carbocycles. The second-order valence-corrected chi connectivity index (χ2v) is 10.2. The smallest absolute Gasteiger partial charge is 0.387 e. The molecule has 11 heteroatoms. The number of carbonyl (C=O) groups excluding carboxylic acids is 1. The molecule has 0 radical (unpaired) electrons. The lowest BCUT2D eigenvalue weighted by Crippen LogP contribution is -2.51. The Hall–Kier alpha value is -2.76. The first kappa shape index (κ1) is 21.5. The molecule has 164 valence electrons. The van der Waals surface area contributed by atoms with E-state index in [4.69, 9.17) is 4.42 Å². The Morgan fingerprint density at radius 3 is 2.58 bits per heavy atom. The van der Waals surface area contributed by atoms with Crippen LogP contribution in [-0.4, -0.2) is 59.5 Å². The zero-order valence-electron chi connectivity index (χ0n) is 17.1. The van der Waals surface area contributed by atoms with E-state index >= 15 is 0 Å². The summed E-state index contributed by atoms with van der Waals surface area (Å²) in [6.07, 6.45) is 0. The van der Waals surface area contributed by atoms with Gasteiger partial charge in [-0.2, -0.15) is 8.99 Å². The number of hydrogen-bond acceptors (Lipinski definition) is 7. The number of amides is 1. The summed E-state index contributed by atoms with van der Waals surface area (Å²) in [6.45, 7) is 4.24. The third-order valence-corrected chi connectivity index (χ3v) is 8.07. The number of thiophene rings is 1. The van der Waals surface area contributed by atoms with E-state index in [1.165, 1.54) is 15.6 Å². The van der Waals surface area contributed by atoms with Gasteiger partial charge >= 0.3 is 5.76 Å². The van der Waals surface area contributed by atoms with Gasteiger partial charge in [-0.1, -0.05) is 18.2 Å². The highest BCUT2D eigenvalue weighted by Gasteiger charge is 2.31. The van der Waals surface area contributed by atoms with Gasteiger partial charge in [0.25, 0.3) is 5.89 Å². The van der Waals surface area contributed by atoms with E-state index in [2.05, 4.69) is 5.10 Å². The quantitative estimate of drug-likeness (QED) is 0.572. The van der Waals surface area contributed by atoms with Gasteiger partial charge in [0.1, 0.15) is 6.54 Å². The third kappa shape index (κ3) is 4.34. The van der Waals surface area contributed by atoms with Crippen molar-refractivity contribution in [1.29, 1.82) is 0 Å². The molecule has 0 unspecified atom stereocenters. The Labute approximate surface area is 183 Å². The zero-order chi connectivity index (χ0) is 22.2. The summed E-state index contributed by atoms with van der Waals surface area (Å²) in [5.74, 6) is -0.831. The first-order valence-electron chi connectivity index (χ1n) is 9.73. The van der Waals surface area contributed by atoms with Crippen LogP contribution in [0.4, 0.5) is 0 Å². The van der Waals surface area contributed by atoms with Crippen LogP contribution in [0.1, 0.15) is 11.1 Å². The van der Waals surface area contributed by atoms with Gasteiger partial charge in [0.05, 0.1) is 9.77 Å². The number of carbonyl (C=O) groups is 1. The maximum atomic E-state index is 13.0. The summed E-state index contributed by atoms with van der Waals surface area (Å²) in [6, 6.07) is 8.93. The Morgan fingerprint density at radius 2 is 1.90 bits per heavy atom. The van der Waals surface area contributed by atoms with Gasteiger partial charge in [-0.3, -0.25) is 4.79 Å². The van der Waals surface area contributed by atoms with Crippen LogP contribution in [0.5, 0.6) is 0 Å². The first-order chi connectivity index (χ1) is 14.8. The number of benzene rings is 1. The van der Waals surface area contributed by atoms with E-state index in [1.807, 2.05) is 24.4 Å². The molecule has 2 aromatic heterocycles. The highest BCUT2D eigenvalue weighted by Crippen LogP contribution is 2.23. The average molecular weight is 463 g/mol. The molecule has 0 aliphatic carbocycles. The predicted molar refractivity (Wildman–Crippen MR) is 115 cm³/mol. The SMILES string of the molecule is Cc1ccc(C)c(S(=O)(=O)N2CCN(C(=O)Cn3nc(-c4cccs4)oc3=O)CC2)c1. The number of piperazine rings is 1. The summed E-state index contributed by atoms with van der Waals surface area (Å²) in [5, 5.41) is 5.93. The Bertz CT molecular complexity index is 1250. The van der Waals surface area contributed by atoms with Gasteiger partial charge in [-0.25, -0.2) is 13.2 Å². The van der Waals surface area contributed by atoms with Crippen LogP contribution in [-0.2, 0) is 21.4 Å². The van der Waals surface area contributed by atoms with E-state index in [0.29, 0.717) is 15.3 Å². The number of aryl methyl sites for hydroxylation is 2. The van der Waals surface area contributed by atoms with Crippen LogP contribution in [0, 0.1) is 13.8 Å². The summed E-state index contributed by atoms with van der Waals surface area (Å²) in [4.78, 5) is 27.2. The molecule has 31 heavy (non-hydrogen) atoms. The van der Waals surface area contributed by atoms with E-state index in [1.54, 1.807) is 30.0 Å². The monoisotopic (exact) mass is 462 g/mol. The van der Waals surface area contributed by atoms with E-state index in [-0.39, 0.29) is 44.5 Å². The molecule has 0 bridgehead atoms. The van der Waals surface area contributed by atoms with Crippen molar-refractivity contribution in [2.75, 3.05) is 26.2 Å². The van der Waals surface area contributed by atoms with Crippen molar-refractivity contribution in [2.45, 2.75) is 25.3 Å². The minimum Gasteiger partial charge on any atom is -0.387 e. The molecule has 1 aliphatic heterocycles. The van der Waals surface area contributed by atoms with E-state index in [9.17, 15) is 18.0 Å². The van der Waals surface area contributed by atoms with E-state index < -0.39 is 15.8 Å². The van der Waals surface area contributed by atoms with Gasteiger partial charge < -0.3 is 9.32 Å². The molecule has 0 saturated carbocycles. The maximum Gasteiger partial charge on any atom is 0.437 e. The van der Waals surface area contributed by atoms with Crippen molar-refractivity contribution in [3.8, 4) is 10.8 Å². The third-order valence-electron chi connectivity index (χ3n) is 5.18. The zero-order valence-corrected chi connectivity index (χ0v) is 18.8. The van der Waals surface area contributed by atoms with Crippen molar-refractivity contribution in [3.63, 3.8) is 0 Å². The van der Waals surface area contributed by atoms with Crippen molar-refractivity contribution in [3.05, 3.63) is 57.4 Å². The fraction of sp³-hybridized carbons (Fsp3) is 0.350. The predicted octanol–water partition coefficient (Wildman–Crippen LogP) is 1.71. The number of sulfonamides is 1. The molecule has 1 amide bonds. The van der Waals surface area contributed by atoms with Crippen molar-refractivity contribution in [1.82, 2.24) is 19.0 Å². The fourth-order valence-electron chi connectivity index (χ4n) is 3.44. The highest BCUT2D eigenvalue weighted by molar-refractivity contribution is 7.89. The van der Waals surface area contributed by atoms with Gasteiger partial charge in [0.2, 0.25) is 15.9 Å². The standard InChI is InChI=1S/C20H22N4O5S2/c1-14-5-6-15(2)17(12-14)31(27,28)23-9-7-22(8-10-23)18(25)13-24-20(26)29-19(21-24)16-4-3-11-30-16/h3-6,11-12H,7-10,13H2,1-2H3. The van der Waals surface area contributed by atoms with Gasteiger partial charge in [0, 0.05) is 26.2 Å². The molecule has 0 atom stereocenters. The Kier molecular flexibility index (Phi) is 5.82. The van der Waals surface area contributed by atoms with Crippen LogP contribution in [0.15, 0.2) is 49.8 Å². The van der Waals surface area contributed by atoms with E-state index in [0.717, 1.165) is 10.2 Å². The Balaban J connectivity index is 1.41. The van der Waals surface area contributed by atoms with Crippen LogP contribution in [0.25, 0.3) is 10.8 Å². The molecule has 0 spiro atoms. The number of rotatable bonds is 5. The van der Waals surface area contributed by atoms with Crippen molar-refractivity contribution >= 4 is 27.3 Å². The first-order valence-corrected chi connectivity index (χ1v) is 12.0. The minimum atomic E-state index is -3.64. The maximum absolute atomic E-state index is 13.0. The molecule has 1 fully saturated rings. The van der Waals surface area contributed by atoms with Crippen molar-refractivity contribution < 1.29 is 17.6 Å². The normalized spacial score (nSPS) is 15.4. The second-order valence-electron chi connectivity index (χ2n) is 7.36. The van der Waals surface area contributed by atoms with Crippen LogP contribution in [0.2, 0.25) is 0 Å². The lowest BCUT2D eigenvalue weighted by atomic mass is 10.2. The van der Waals surface area contributed by atoms with Gasteiger partial charge in [0.15, 0.2) is 0 Å². The largest absolute Gasteiger partial charge is 0.437 e. The lowest BCUT2D eigenvalue weighted by molar-refractivity contribution is -0.133. The van der Waals surface area contributed by atoms with Gasteiger partial charge in [-0.15, -0.1) is 16.4 Å². The lowest BCUT2D eigenvalue weighted by Gasteiger charge is -2.34. The molecule has 0 N–H and O–H groups in total. The molecule has 3 heterocycles. The second kappa shape index (κ2) is 8.40. The average Bonchev–Trinajstić information content (AvgIpc) is 3.40. The molecule has 3 aromatic rings. The van der Waals surface area contributed by atoms with Crippen LogP contribution >= 0.6 is 11.3 Å². The molecule has 9 nitrogen and oxygen atoms in total. The fourth-order valence-corrected chi connectivity index (χ4v) is 5.81. The molecule has 1 aliphatic rings. The van der Waals surface area contributed by atoms with Crippen molar-refractivity contribution in [2.24, 2.45) is 0 Å². The summed E-state index contributed by atoms with van der Waals surface area (Å²) >= 11 is 1.38. The molecular formula is C20H22N4O5S2. The molecular weight excluding hydrogens is 440 g/mol.